The number of hydrogen-bond donors (Lipinski definition) is 1. The average molecular weight is 338 g/mol. The highest BCUT2D eigenvalue weighted by molar-refractivity contribution is 5.94. The summed E-state index contributed by atoms with van der Waals surface area (Å²) in [4.78, 5) is 25.8. The molecule has 25 heavy (non-hydrogen) atoms. The van der Waals surface area contributed by atoms with Gasteiger partial charge in [0.2, 0.25) is 11.8 Å². The summed E-state index contributed by atoms with van der Waals surface area (Å²) in [6.45, 7) is 1.19. The fourth-order valence-corrected chi connectivity index (χ4v) is 3.59. The van der Waals surface area contributed by atoms with Crippen molar-refractivity contribution in [3.05, 3.63) is 29.8 Å². The number of carbonyl (C=O) groups is 2. The van der Waals surface area contributed by atoms with E-state index < -0.39 is 0 Å². The van der Waals surface area contributed by atoms with E-state index in [1.54, 1.807) is 0 Å². The van der Waals surface area contributed by atoms with Crippen molar-refractivity contribution in [2.45, 2.75) is 51.4 Å². The van der Waals surface area contributed by atoms with Crippen molar-refractivity contribution < 1.29 is 9.59 Å². The molecule has 1 aliphatic heterocycles. The Morgan fingerprint density at radius 3 is 2.56 bits per heavy atom. The van der Waals surface area contributed by atoms with Crippen LogP contribution in [-0.4, -0.2) is 24.9 Å². The lowest BCUT2D eigenvalue weighted by molar-refractivity contribution is -0.125. The minimum atomic E-state index is 0.146. The van der Waals surface area contributed by atoms with Crippen molar-refractivity contribution in [1.82, 2.24) is 5.32 Å². The number of nitrogens with zero attached hydrogens (tertiary/aromatic N) is 1. The summed E-state index contributed by atoms with van der Waals surface area (Å²) in [5, 5.41) is 2.93. The van der Waals surface area contributed by atoms with Gasteiger partial charge in [0.15, 0.2) is 0 Å². The smallest absolute Gasteiger partial charge is 0.226 e. The van der Waals surface area contributed by atoms with Gasteiger partial charge in [0.25, 0.3) is 0 Å². The number of anilines is 1. The van der Waals surface area contributed by atoms with Crippen LogP contribution in [0.3, 0.4) is 0 Å². The Labute approximate surface area is 150 Å². The van der Waals surface area contributed by atoms with Crippen LogP contribution in [0, 0.1) is 17.8 Å². The largest absolute Gasteiger partial charge is 0.345 e. The summed E-state index contributed by atoms with van der Waals surface area (Å²) in [6.07, 6.45) is 8.29. The number of piperidine rings is 1. The molecule has 0 radical (unpaired) electrons. The lowest BCUT2D eigenvalue weighted by Crippen LogP contribution is -2.35. The molecular formula is C21H26N2O2. The summed E-state index contributed by atoms with van der Waals surface area (Å²) in [6, 6.07) is 7.78. The molecule has 0 unspecified atom stereocenters. The third-order valence-electron chi connectivity index (χ3n) is 5.06. The maximum atomic E-state index is 12.0. The van der Waals surface area contributed by atoms with Crippen LogP contribution >= 0.6 is 0 Å². The predicted molar refractivity (Wildman–Crippen MR) is 99.1 cm³/mol. The first-order chi connectivity index (χ1) is 12.2. The number of amides is 2. The highest BCUT2D eigenvalue weighted by Crippen LogP contribution is 2.23. The van der Waals surface area contributed by atoms with E-state index in [4.69, 9.17) is 0 Å². The van der Waals surface area contributed by atoms with Crippen molar-refractivity contribution >= 4 is 17.5 Å². The van der Waals surface area contributed by atoms with Gasteiger partial charge in [-0.25, -0.2) is 0 Å². The van der Waals surface area contributed by atoms with Crippen LogP contribution in [0.2, 0.25) is 0 Å². The molecule has 3 rings (SSSR count). The average Bonchev–Trinajstić information content (AvgIpc) is 2.67. The molecule has 1 aromatic carbocycles. The molecule has 1 aliphatic carbocycles. The zero-order valence-electron chi connectivity index (χ0n) is 14.7. The van der Waals surface area contributed by atoms with E-state index in [1.165, 1.54) is 6.42 Å². The predicted octanol–water partition coefficient (Wildman–Crippen LogP) is 3.25. The van der Waals surface area contributed by atoms with Gasteiger partial charge in [0.1, 0.15) is 0 Å². The Balaban J connectivity index is 1.49. The fraction of sp³-hybridized carbons (Fsp3) is 0.524. The van der Waals surface area contributed by atoms with Crippen LogP contribution < -0.4 is 10.2 Å². The molecule has 2 amide bonds. The van der Waals surface area contributed by atoms with Crippen LogP contribution in [0.4, 0.5) is 5.69 Å². The molecule has 1 heterocycles. The maximum Gasteiger partial charge on any atom is 0.226 e. The van der Waals surface area contributed by atoms with Gasteiger partial charge in [-0.3, -0.25) is 9.59 Å². The molecule has 1 N–H and O–H groups in total. The molecule has 132 valence electrons. The van der Waals surface area contributed by atoms with E-state index in [2.05, 4.69) is 17.2 Å². The number of nitrogens with one attached hydrogen (secondary N) is 1. The van der Waals surface area contributed by atoms with Gasteiger partial charge in [-0.2, -0.15) is 0 Å². The Morgan fingerprint density at radius 1 is 1.08 bits per heavy atom. The minimum Gasteiger partial charge on any atom is -0.345 e. The quantitative estimate of drug-likeness (QED) is 0.860. The number of benzene rings is 1. The first-order valence-corrected chi connectivity index (χ1v) is 9.41. The topological polar surface area (TPSA) is 49.4 Å². The Morgan fingerprint density at radius 2 is 1.84 bits per heavy atom. The molecule has 4 nitrogen and oxygen atoms in total. The van der Waals surface area contributed by atoms with E-state index in [0.717, 1.165) is 56.3 Å². The van der Waals surface area contributed by atoms with Crippen molar-refractivity contribution in [3.63, 3.8) is 0 Å². The maximum absolute atomic E-state index is 12.0. The second-order valence-corrected chi connectivity index (χ2v) is 6.90. The fourth-order valence-electron chi connectivity index (χ4n) is 3.59. The molecule has 0 bridgehead atoms. The van der Waals surface area contributed by atoms with Crippen LogP contribution in [0.1, 0.15) is 56.9 Å². The van der Waals surface area contributed by atoms with E-state index in [-0.39, 0.29) is 17.7 Å². The number of carbonyl (C=O) groups excluding carboxylic acids is 2. The molecular weight excluding hydrogens is 312 g/mol. The minimum absolute atomic E-state index is 0.146. The SMILES string of the molecule is O=C(NCC#Cc1ccc(N2CCCCC2=O)cc1)C1CCCCC1. The monoisotopic (exact) mass is 338 g/mol. The van der Waals surface area contributed by atoms with Crippen LogP contribution in [0.5, 0.6) is 0 Å². The van der Waals surface area contributed by atoms with Crippen molar-refractivity contribution in [2.75, 3.05) is 18.0 Å². The molecule has 0 spiro atoms. The zero-order chi connectivity index (χ0) is 17.5. The van der Waals surface area contributed by atoms with E-state index in [1.807, 2.05) is 29.2 Å². The zero-order valence-corrected chi connectivity index (χ0v) is 14.7. The summed E-state index contributed by atoms with van der Waals surface area (Å²) in [7, 11) is 0. The summed E-state index contributed by atoms with van der Waals surface area (Å²) < 4.78 is 0. The molecule has 1 saturated carbocycles. The van der Waals surface area contributed by atoms with Crippen LogP contribution in [-0.2, 0) is 9.59 Å². The Kier molecular flexibility index (Phi) is 6.11. The van der Waals surface area contributed by atoms with Gasteiger partial charge in [0, 0.05) is 30.1 Å². The van der Waals surface area contributed by atoms with Gasteiger partial charge in [-0.05, 0) is 49.9 Å². The normalized spacial score (nSPS) is 18.4. The molecule has 4 heteroatoms. The lowest BCUT2D eigenvalue weighted by atomic mass is 9.89. The first-order valence-electron chi connectivity index (χ1n) is 9.41. The van der Waals surface area contributed by atoms with Gasteiger partial charge in [-0.1, -0.05) is 31.1 Å². The molecule has 2 aliphatic rings. The van der Waals surface area contributed by atoms with Gasteiger partial charge in [-0.15, -0.1) is 0 Å². The van der Waals surface area contributed by atoms with E-state index in [0.29, 0.717) is 13.0 Å². The van der Waals surface area contributed by atoms with Gasteiger partial charge in [0.05, 0.1) is 6.54 Å². The number of rotatable bonds is 3. The Hall–Kier alpha value is -2.28. The van der Waals surface area contributed by atoms with Crippen molar-refractivity contribution in [2.24, 2.45) is 5.92 Å². The number of hydrogen-bond acceptors (Lipinski definition) is 2. The van der Waals surface area contributed by atoms with E-state index in [9.17, 15) is 9.59 Å². The molecule has 1 aromatic rings. The summed E-state index contributed by atoms with van der Waals surface area (Å²) in [5.41, 5.74) is 1.85. The first kappa shape index (κ1) is 17.5. The van der Waals surface area contributed by atoms with Crippen LogP contribution in [0.25, 0.3) is 0 Å². The summed E-state index contributed by atoms with van der Waals surface area (Å²) >= 11 is 0. The van der Waals surface area contributed by atoms with Gasteiger partial charge >= 0.3 is 0 Å². The third-order valence-corrected chi connectivity index (χ3v) is 5.06. The molecule has 1 saturated heterocycles. The summed E-state index contributed by atoms with van der Waals surface area (Å²) in [5.74, 6) is 6.62. The second-order valence-electron chi connectivity index (χ2n) is 6.90. The molecule has 0 atom stereocenters. The van der Waals surface area contributed by atoms with Crippen molar-refractivity contribution in [1.29, 1.82) is 0 Å². The molecule has 0 aromatic heterocycles. The second kappa shape index (κ2) is 8.71. The van der Waals surface area contributed by atoms with Crippen LogP contribution in [0.15, 0.2) is 24.3 Å². The van der Waals surface area contributed by atoms with E-state index >= 15 is 0 Å². The van der Waals surface area contributed by atoms with Crippen molar-refractivity contribution in [3.8, 4) is 11.8 Å². The third kappa shape index (κ3) is 4.85. The highest BCUT2D eigenvalue weighted by Gasteiger charge is 2.20. The standard InChI is InChI=1S/C21H26N2O2/c24-20-10-4-5-16-23(20)19-13-11-17(12-14-19)7-6-15-22-21(25)18-8-2-1-3-9-18/h11-14,18H,1-5,8-10,15-16H2,(H,22,25). The molecule has 2 fully saturated rings. The Bertz CT molecular complexity index is 663. The lowest BCUT2D eigenvalue weighted by Gasteiger charge is -2.26. The van der Waals surface area contributed by atoms with Gasteiger partial charge < -0.3 is 10.2 Å². The highest BCUT2D eigenvalue weighted by atomic mass is 16.2.